The van der Waals surface area contributed by atoms with Gasteiger partial charge >= 0.3 is 72.1 Å². The van der Waals surface area contributed by atoms with Gasteiger partial charge in [0.05, 0.1) is 0 Å². The molecule has 9 rings (SSSR count). The van der Waals surface area contributed by atoms with Crippen LogP contribution in [0, 0.1) is 0 Å². The Morgan fingerprint density at radius 2 is 0.632 bits per heavy atom. The molecular formula is C53H32F24N10. The molecule has 0 amide bonds. The Morgan fingerprint density at radius 3 is 0.943 bits per heavy atom. The number of fused-ring (bicyclic) bond motifs is 2. The third kappa shape index (κ3) is 10.4. The molecule has 0 radical (unpaired) electrons. The van der Waals surface area contributed by atoms with Crippen LogP contribution in [0.15, 0.2) is 122 Å². The summed E-state index contributed by atoms with van der Waals surface area (Å²) >= 11 is 0. The summed E-state index contributed by atoms with van der Waals surface area (Å²) in [6.07, 6.45) is -10.7. The second kappa shape index (κ2) is 21.8. The first-order valence-corrected chi connectivity index (χ1v) is 24.6. The molecule has 0 atom stereocenters. The van der Waals surface area contributed by atoms with Crippen LogP contribution in [-0.2, 0) is 11.8 Å². The lowest BCUT2D eigenvalue weighted by Crippen LogP contribution is -2.68. The monoisotopic (exact) mass is 1260 g/mol. The molecule has 87 heavy (non-hydrogen) atoms. The number of pyridine rings is 2. The standard InChI is InChI=1S/C53H32F24N10/c54-40(55)46(62,63)50(70,71)52(74,75)48(66,67)44(58,59)34-16-14-32(24-78-34)38-80-36(30-12-10-26-6-1-3-8-28(26)22-30)82-42(84-38)86-18-5-19-87(21-20-86)43-83-37(31-13-11-27-7-2-4-9-29(27)23-31)81-39(85-43)33-15-17-35(79-25-33)45(60,61)49(68,69)53(76,77)51(72,73)47(64,65)41(56)57/h1-4,6-17,22-25,40-41H,5,18-21H2. The number of benzene rings is 4. The van der Waals surface area contributed by atoms with Crippen LogP contribution in [0.25, 0.3) is 67.1 Å². The molecule has 0 unspecified atom stereocenters. The SMILES string of the molecule is FC(F)C(F)(F)C(F)(F)C(F)(F)C(F)(F)C(F)(F)c1ccc(-c2nc(-c3ccc4ccccc4c3)nc(N3CCCN(c4nc(-c5ccc(C(F)(F)C(F)(F)C(F)(F)C(F)(F)C(F)(F)C(F)F)nc5)nc(-c5ccc6ccccc6c5)n4)CC3)n2)cn1. The molecule has 5 heterocycles. The maximum absolute atomic E-state index is 15.2. The quantitative estimate of drug-likeness (QED) is 0.0770. The molecule has 8 aromatic rings. The zero-order valence-electron chi connectivity index (χ0n) is 42.8. The summed E-state index contributed by atoms with van der Waals surface area (Å²) in [5, 5.41) is 2.65. The van der Waals surface area contributed by atoms with Crippen LogP contribution in [-0.4, -0.2) is 126 Å². The number of alkyl halides is 24. The molecule has 4 aromatic carbocycles. The van der Waals surface area contributed by atoms with Gasteiger partial charge in [-0.15, -0.1) is 0 Å². The average molecular weight is 1260 g/mol. The average Bonchev–Trinajstić information content (AvgIpc) is 0.937. The van der Waals surface area contributed by atoms with E-state index in [1.54, 1.807) is 72.8 Å². The van der Waals surface area contributed by atoms with E-state index in [4.69, 9.17) is 0 Å². The Bertz CT molecular complexity index is 3590. The maximum Gasteiger partial charge on any atom is 0.385 e. The zero-order chi connectivity index (χ0) is 63.9. The Kier molecular flexibility index (Phi) is 15.8. The van der Waals surface area contributed by atoms with Crippen molar-refractivity contribution in [1.82, 2.24) is 39.9 Å². The minimum absolute atomic E-state index is 0.00349. The van der Waals surface area contributed by atoms with Gasteiger partial charge in [0, 0.05) is 60.8 Å². The molecule has 1 aliphatic rings. The van der Waals surface area contributed by atoms with Gasteiger partial charge < -0.3 is 9.80 Å². The van der Waals surface area contributed by atoms with Crippen molar-refractivity contribution >= 4 is 33.4 Å². The number of nitrogens with zero attached hydrogens (tertiary/aromatic N) is 10. The van der Waals surface area contributed by atoms with Crippen molar-refractivity contribution in [2.75, 3.05) is 36.0 Å². The van der Waals surface area contributed by atoms with Gasteiger partial charge in [-0.1, -0.05) is 72.8 Å². The van der Waals surface area contributed by atoms with Crippen LogP contribution < -0.4 is 9.80 Å². The van der Waals surface area contributed by atoms with E-state index < -0.39 is 106 Å². The van der Waals surface area contributed by atoms with Crippen LogP contribution in [0.5, 0.6) is 0 Å². The van der Waals surface area contributed by atoms with Gasteiger partial charge in [-0.3, -0.25) is 9.97 Å². The first-order valence-electron chi connectivity index (χ1n) is 24.6. The van der Waals surface area contributed by atoms with Crippen molar-refractivity contribution in [3.8, 4) is 45.6 Å². The van der Waals surface area contributed by atoms with E-state index in [9.17, 15) is 87.8 Å². The molecule has 462 valence electrons. The summed E-state index contributed by atoms with van der Waals surface area (Å²) < 4.78 is 339. The number of anilines is 2. The molecule has 1 saturated heterocycles. The molecule has 0 N–H and O–H groups in total. The molecule has 0 saturated carbocycles. The van der Waals surface area contributed by atoms with Gasteiger partial charge in [0.2, 0.25) is 11.9 Å². The van der Waals surface area contributed by atoms with Crippen LogP contribution >= 0.6 is 0 Å². The summed E-state index contributed by atoms with van der Waals surface area (Å²) in [6, 6.07) is 23.9. The largest absolute Gasteiger partial charge is 0.385 e. The van der Waals surface area contributed by atoms with Crippen molar-refractivity contribution in [2.24, 2.45) is 0 Å². The summed E-state index contributed by atoms with van der Waals surface area (Å²) in [7, 11) is 0. The summed E-state index contributed by atoms with van der Waals surface area (Å²) in [5.41, 5.74) is -5.30. The molecule has 0 spiro atoms. The summed E-state index contributed by atoms with van der Waals surface area (Å²) in [5.74, 6) is -75.6. The Hall–Kier alpha value is -8.36. The van der Waals surface area contributed by atoms with E-state index >= 15 is 17.6 Å². The number of aromatic nitrogens is 8. The van der Waals surface area contributed by atoms with Gasteiger partial charge in [0.1, 0.15) is 11.4 Å². The number of hydrogen-bond acceptors (Lipinski definition) is 10. The third-order valence-corrected chi connectivity index (χ3v) is 13.8. The van der Waals surface area contributed by atoms with Gasteiger partial charge in [-0.05, 0) is 64.4 Å². The first kappa shape index (κ1) is 63.2. The van der Waals surface area contributed by atoms with Crippen LogP contribution in [0.1, 0.15) is 17.8 Å². The van der Waals surface area contributed by atoms with E-state index in [-0.39, 0.29) is 91.8 Å². The van der Waals surface area contributed by atoms with Crippen molar-refractivity contribution in [3.05, 3.63) is 133 Å². The van der Waals surface area contributed by atoms with E-state index in [0.29, 0.717) is 33.7 Å². The highest BCUT2D eigenvalue weighted by atomic mass is 19.4. The van der Waals surface area contributed by atoms with Gasteiger partial charge in [0.25, 0.3) is 0 Å². The van der Waals surface area contributed by atoms with E-state index in [1.165, 1.54) is 21.9 Å². The fourth-order valence-corrected chi connectivity index (χ4v) is 8.73. The molecule has 0 bridgehead atoms. The van der Waals surface area contributed by atoms with Crippen molar-refractivity contribution in [1.29, 1.82) is 0 Å². The van der Waals surface area contributed by atoms with Crippen LogP contribution in [0.4, 0.5) is 117 Å². The predicted octanol–water partition coefficient (Wildman–Crippen LogP) is 15.3. The highest BCUT2D eigenvalue weighted by molar-refractivity contribution is 5.87. The number of hydrogen-bond donors (Lipinski definition) is 0. The Morgan fingerprint density at radius 1 is 0.322 bits per heavy atom. The smallest absolute Gasteiger partial charge is 0.339 e. The predicted molar refractivity (Wildman–Crippen MR) is 260 cm³/mol. The van der Waals surface area contributed by atoms with E-state index in [1.807, 2.05) is 0 Å². The van der Waals surface area contributed by atoms with Gasteiger partial charge in [-0.2, -0.15) is 108 Å². The maximum atomic E-state index is 15.2. The van der Waals surface area contributed by atoms with Crippen molar-refractivity contribution < 1.29 is 105 Å². The normalized spacial score (nSPS) is 15.1. The molecule has 34 heteroatoms. The molecule has 4 aromatic heterocycles. The van der Waals surface area contributed by atoms with E-state index in [0.717, 1.165) is 0 Å². The van der Waals surface area contributed by atoms with Crippen molar-refractivity contribution in [2.45, 2.75) is 78.5 Å². The Balaban J connectivity index is 1.06. The molecule has 10 nitrogen and oxygen atoms in total. The van der Waals surface area contributed by atoms with Crippen molar-refractivity contribution in [3.63, 3.8) is 0 Å². The van der Waals surface area contributed by atoms with Crippen LogP contribution in [0.2, 0.25) is 0 Å². The highest BCUT2D eigenvalue weighted by Crippen LogP contribution is 2.62. The fourth-order valence-electron chi connectivity index (χ4n) is 8.73. The molecular weight excluding hydrogens is 1230 g/mol. The molecule has 1 fully saturated rings. The zero-order valence-corrected chi connectivity index (χ0v) is 42.8. The Labute approximate surface area is 471 Å². The van der Waals surface area contributed by atoms with Gasteiger partial charge in [0.15, 0.2) is 23.3 Å². The number of halogens is 24. The third-order valence-electron chi connectivity index (χ3n) is 13.8. The van der Waals surface area contributed by atoms with E-state index in [2.05, 4.69) is 39.9 Å². The fraction of sp³-hybridized carbons (Fsp3) is 0.321. The molecule has 1 aliphatic heterocycles. The first-order chi connectivity index (χ1) is 40.3. The summed E-state index contributed by atoms with van der Waals surface area (Å²) in [4.78, 5) is 35.6. The second-order valence-corrected chi connectivity index (χ2v) is 19.3. The lowest BCUT2D eigenvalue weighted by atomic mass is 9.92. The number of rotatable bonds is 18. The lowest BCUT2D eigenvalue weighted by molar-refractivity contribution is -0.415. The minimum Gasteiger partial charge on any atom is -0.339 e. The minimum atomic E-state index is -7.84. The lowest BCUT2D eigenvalue weighted by Gasteiger charge is -2.38. The topological polar surface area (TPSA) is 110 Å². The highest BCUT2D eigenvalue weighted by Gasteiger charge is 2.89. The summed E-state index contributed by atoms with van der Waals surface area (Å²) in [6.45, 7) is -0.268. The second-order valence-electron chi connectivity index (χ2n) is 19.3. The molecule has 0 aliphatic carbocycles. The van der Waals surface area contributed by atoms with Crippen LogP contribution in [0.3, 0.4) is 0 Å². The van der Waals surface area contributed by atoms with Gasteiger partial charge in [-0.25, -0.2) is 27.5 Å².